The lowest BCUT2D eigenvalue weighted by molar-refractivity contribution is -0.169. The first-order valence-electron chi connectivity index (χ1n) is 5.76. The van der Waals surface area contributed by atoms with Crippen molar-refractivity contribution in [3.05, 3.63) is 35.8 Å². The third kappa shape index (κ3) is 1.89. The van der Waals surface area contributed by atoms with Gasteiger partial charge >= 0.3 is 6.18 Å². The first-order valence-corrected chi connectivity index (χ1v) is 6.14. The monoisotopic (exact) mass is 302 g/mol. The van der Waals surface area contributed by atoms with Crippen LogP contribution in [0.25, 0.3) is 10.9 Å². The van der Waals surface area contributed by atoms with Gasteiger partial charge in [0.05, 0.1) is 22.4 Å². The molecule has 0 saturated heterocycles. The predicted molar refractivity (Wildman–Crippen MR) is 70.3 cm³/mol. The molecular formula is C12H10ClF3N4. The number of hydrogen-bond acceptors (Lipinski definition) is 3. The second-order valence-electron chi connectivity index (χ2n) is 4.52. The zero-order valence-corrected chi connectivity index (χ0v) is 11.1. The Morgan fingerprint density at radius 2 is 2.05 bits per heavy atom. The summed E-state index contributed by atoms with van der Waals surface area (Å²) in [6.45, 7) is 0. The van der Waals surface area contributed by atoms with Crippen molar-refractivity contribution in [2.45, 2.75) is 12.3 Å². The van der Waals surface area contributed by atoms with Crippen LogP contribution in [0.2, 0.25) is 5.02 Å². The molecule has 8 heteroatoms. The summed E-state index contributed by atoms with van der Waals surface area (Å²) in [4.78, 5) is 2.19. The molecule has 20 heavy (non-hydrogen) atoms. The van der Waals surface area contributed by atoms with Crippen LogP contribution < -0.4 is 4.90 Å². The van der Waals surface area contributed by atoms with E-state index in [1.54, 1.807) is 18.3 Å². The summed E-state index contributed by atoms with van der Waals surface area (Å²) in [5.74, 6) is 0. The van der Waals surface area contributed by atoms with Gasteiger partial charge in [-0.2, -0.15) is 18.3 Å². The summed E-state index contributed by atoms with van der Waals surface area (Å²) in [6, 6.07) is 3.24. The number of aromatic nitrogens is 2. The van der Waals surface area contributed by atoms with Crippen molar-refractivity contribution in [1.82, 2.24) is 15.1 Å². The zero-order chi connectivity index (χ0) is 14.5. The lowest BCUT2D eigenvalue weighted by Gasteiger charge is -2.32. The minimum Gasteiger partial charge on any atom is -0.351 e. The number of nitrogens with one attached hydrogen (secondary N) is 1. The van der Waals surface area contributed by atoms with Crippen LogP contribution in [-0.4, -0.2) is 34.5 Å². The van der Waals surface area contributed by atoms with Crippen molar-refractivity contribution in [1.29, 1.82) is 0 Å². The van der Waals surface area contributed by atoms with Crippen molar-refractivity contribution in [3.63, 3.8) is 0 Å². The van der Waals surface area contributed by atoms with E-state index in [0.717, 1.165) is 15.2 Å². The van der Waals surface area contributed by atoms with Gasteiger partial charge in [0, 0.05) is 24.8 Å². The third-order valence-electron chi connectivity index (χ3n) is 3.22. The smallest absolute Gasteiger partial charge is 0.351 e. The summed E-state index contributed by atoms with van der Waals surface area (Å²) in [5, 5.41) is 7.49. The molecule has 0 radical (unpaired) electrons. The molecule has 1 N–H and O–H groups in total. The maximum Gasteiger partial charge on any atom is 0.427 e. The summed E-state index contributed by atoms with van der Waals surface area (Å²) in [5.41, 5.74) is 0.805. The molecule has 1 atom stereocenters. The molecule has 1 unspecified atom stereocenters. The fourth-order valence-corrected chi connectivity index (χ4v) is 2.62. The molecule has 0 aliphatic carbocycles. The van der Waals surface area contributed by atoms with Crippen molar-refractivity contribution in [2.75, 3.05) is 11.9 Å². The number of nitrogens with zero attached hydrogens (tertiary/aromatic N) is 3. The van der Waals surface area contributed by atoms with Crippen LogP contribution in [0, 0.1) is 0 Å². The molecular weight excluding hydrogens is 293 g/mol. The average Bonchev–Trinajstić information content (AvgIpc) is 2.95. The number of rotatable bonds is 1. The van der Waals surface area contributed by atoms with E-state index in [2.05, 4.69) is 10.2 Å². The molecule has 106 valence electrons. The highest BCUT2D eigenvalue weighted by Gasteiger charge is 2.48. The Morgan fingerprint density at radius 1 is 1.30 bits per heavy atom. The van der Waals surface area contributed by atoms with Crippen LogP contribution >= 0.6 is 11.6 Å². The average molecular weight is 303 g/mol. The standard InChI is InChI=1S/C12H10ClF3N4/c1-19-4-5-20(11(19)12(14,15)16)8-3-2-7-6-17-18-10(7)9(8)13/h2-6,11H,1H3,(H,17,18). The molecule has 0 fully saturated rings. The van der Waals surface area contributed by atoms with Gasteiger partial charge in [0.2, 0.25) is 6.17 Å². The second-order valence-corrected chi connectivity index (χ2v) is 4.90. The van der Waals surface area contributed by atoms with Crippen LogP contribution in [0.4, 0.5) is 18.9 Å². The number of fused-ring (bicyclic) bond motifs is 1. The zero-order valence-electron chi connectivity index (χ0n) is 10.3. The van der Waals surface area contributed by atoms with E-state index in [0.29, 0.717) is 5.52 Å². The van der Waals surface area contributed by atoms with E-state index in [-0.39, 0.29) is 10.7 Å². The molecule has 2 heterocycles. The van der Waals surface area contributed by atoms with Crippen molar-refractivity contribution in [3.8, 4) is 0 Å². The van der Waals surface area contributed by atoms with Crippen molar-refractivity contribution in [2.24, 2.45) is 0 Å². The maximum absolute atomic E-state index is 13.1. The number of alkyl halides is 3. The van der Waals surface area contributed by atoms with E-state index in [9.17, 15) is 13.2 Å². The Bertz CT molecular complexity index is 679. The molecule has 2 aromatic rings. The Balaban J connectivity index is 2.10. The van der Waals surface area contributed by atoms with Gasteiger partial charge in [0.15, 0.2) is 0 Å². The van der Waals surface area contributed by atoms with Gasteiger partial charge in [-0.15, -0.1) is 0 Å². The van der Waals surface area contributed by atoms with Gasteiger partial charge in [-0.25, -0.2) is 0 Å². The molecule has 0 bridgehead atoms. The first kappa shape index (κ1) is 13.1. The molecule has 1 aromatic heterocycles. The number of benzene rings is 1. The Labute approximate surface area is 117 Å². The molecule has 4 nitrogen and oxygen atoms in total. The Morgan fingerprint density at radius 3 is 2.75 bits per heavy atom. The van der Waals surface area contributed by atoms with Gasteiger partial charge in [0.1, 0.15) is 0 Å². The van der Waals surface area contributed by atoms with Gasteiger partial charge in [-0.05, 0) is 12.1 Å². The molecule has 1 aliphatic rings. The number of halogens is 4. The molecule has 1 aliphatic heterocycles. The quantitative estimate of drug-likeness (QED) is 0.877. The topological polar surface area (TPSA) is 35.2 Å². The minimum atomic E-state index is -4.40. The summed E-state index contributed by atoms with van der Waals surface area (Å²) >= 11 is 6.19. The summed E-state index contributed by atoms with van der Waals surface area (Å²) in [6.07, 6.45) is -1.86. The Hall–Kier alpha value is -1.89. The molecule has 0 amide bonds. The number of anilines is 1. The summed E-state index contributed by atoms with van der Waals surface area (Å²) < 4.78 is 39.4. The highest BCUT2D eigenvalue weighted by atomic mass is 35.5. The SMILES string of the molecule is CN1C=CN(c2ccc3cn[nH]c3c2Cl)C1C(F)(F)F. The predicted octanol–water partition coefficient (Wildman–Crippen LogP) is 3.33. The first-order chi connectivity index (χ1) is 9.39. The van der Waals surface area contributed by atoms with Gasteiger partial charge < -0.3 is 9.80 Å². The summed E-state index contributed by atoms with van der Waals surface area (Å²) in [7, 11) is 1.37. The van der Waals surface area contributed by atoms with Gasteiger partial charge in [-0.1, -0.05) is 11.6 Å². The molecule has 0 saturated carbocycles. The van der Waals surface area contributed by atoms with Gasteiger partial charge in [-0.3, -0.25) is 5.10 Å². The van der Waals surface area contributed by atoms with Crippen molar-refractivity contribution < 1.29 is 13.2 Å². The van der Waals surface area contributed by atoms with Crippen LogP contribution in [0.1, 0.15) is 0 Å². The minimum absolute atomic E-state index is 0.217. The highest BCUT2D eigenvalue weighted by Crippen LogP contribution is 2.39. The number of hydrogen-bond donors (Lipinski definition) is 1. The van der Waals surface area contributed by atoms with Crippen molar-refractivity contribution >= 4 is 28.2 Å². The third-order valence-corrected chi connectivity index (χ3v) is 3.60. The Kier molecular flexibility index (Phi) is 2.82. The van der Waals surface area contributed by atoms with Crippen LogP contribution in [0.15, 0.2) is 30.7 Å². The van der Waals surface area contributed by atoms with E-state index in [1.807, 2.05) is 0 Å². The fourth-order valence-electron chi connectivity index (χ4n) is 2.30. The molecule has 1 aromatic carbocycles. The van der Waals surface area contributed by atoms with Gasteiger partial charge in [0.25, 0.3) is 0 Å². The van der Waals surface area contributed by atoms with E-state index >= 15 is 0 Å². The largest absolute Gasteiger partial charge is 0.427 e. The highest BCUT2D eigenvalue weighted by molar-refractivity contribution is 6.37. The molecule has 3 rings (SSSR count). The van der Waals surface area contributed by atoms with Crippen LogP contribution in [0.3, 0.4) is 0 Å². The van der Waals surface area contributed by atoms with Crippen LogP contribution in [0.5, 0.6) is 0 Å². The van der Waals surface area contributed by atoms with E-state index in [4.69, 9.17) is 11.6 Å². The lowest BCUT2D eigenvalue weighted by Crippen LogP contribution is -2.48. The maximum atomic E-state index is 13.1. The van der Waals surface area contributed by atoms with E-state index in [1.165, 1.54) is 19.4 Å². The van der Waals surface area contributed by atoms with E-state index < -0.39 is 12.3 Å². The lowest BCUT2D eigenvalue weighted by atomic mass is 10.2. The normalized spacial score (nSPS) is 19.4. The number of aromatic amines is 1. The molecule has 0 spiro atoms. The van der Waals surface area contributed by atoms with Crippen LogP contribution in [-0.2, 0) is 0 Å². The fraction of sp³-hybridized carbons (Fsp3) is 0.250. The number of H-pyrrole nitrogens is 1. The second kappa shape index (κ2) is 4.31.